The molecular formula is C21H18N4O3S. The zero-order valence-electron chi connectivity index (χ0n) is 15.7. The predicted molar refractivity (Wildman–Crippen MR) is 111 cm³/mol. The summed E-state index contributed by atoms with van der Waals surface area (Å²) >= 11 is 1.46. The number of anilines is 1. The number of nitrogens with zero attached hydrogens (tertiary/aromatic N) is 4. The summed E-state index contributed by atoms with van der Waals surface area (Å²) in [5.74, 6) is 0.0778. The first kappa shape index (κ1) is 19.0. The summed E-state index contributed by atoms with van der Waals surface area (Å²) < 4.78 is 0. The van der Waals surface area contributed by atoms with Crippen LogP contribution in [0.25, 0.3) is 0 Å². The van der Waals surface area contributed by atoms with Crippen molar-refractivity contribution in [1.82, 2.24) is 4.90 Å². The number of nitriles is 1. The molecule has 1 amide bonds. The van der Waals surface area contributed by atoms with Crippen molar-refractivity contribution in [2.75, 3.05) is 17.4 Å². The number of thioether (sulfide) groups is 1. The molecule has 29 heavy (non-hydrogen) atoms. The van der Waals surface area contributed by atoms with E-state index >= 15 is 0 Å². The average molecular weight is 406 g/mol. The first-order chi connectivity index (χ1) is 14.0. The Morgan fingerprint density at radius 3 is 2.76 bits per heavy atom. The van der Waals surface area contributed by atoms with Crippen LogP contribution in [0.1, 0.15) is 23.5 Å². The Bertz CT molecular complexity index is 1080. The van der Waals surface area contributed by atoms with Gasteiger partial charge in [-0.2, -0.15) is 5.26 Å². The third-order valence-corrected chi connectivity index (χ3v) is 6.39. The highest BCUT2D eigenvalue weighted by Crippen LogP contribution is 2.43. The van der Waals surface area contributed by atoms with Gasteiger partial charge in [0.05, 0.1) is 34.1 Å². The molecule has 8 heteroatoms. The summed E-state index contributed by atoms with van der Waals surface area (Å²) in [6.45, 7) is 2.42. The summed E-state index contributed by atoms with van der Waals surface area (Å²) in [4.78, 5) is 27.4. The van der Waals surface area contributed by atoms with Crippen LogP contribution in [-0.4, -0.2) is 28.3 Å². The average Bonchev–Trinajstić information content (AvgIpc) is 2.74. The fraction of sp³-hybridized carbons (Fsp3) is 0.238. The van der Waals surface area contributed by atoms with Gasteiger partial charge in [-0.3, -0.25) is 19.8 Å². The van der Waals surface area contributed by atoms with Gasteiger partial charge < -0.3 is 4.90 Å². The molecule has 0 aromatic heterocycles. The van der Waals surface area contributed by atoms with E-state index in [0.29, 0.717) is 28.7 Å². The summed E-state index contributed by atoms with van der Waals surface area (Å²) in [6, 6.07) is 16.5. The number of amides is 1. The van der Waals surface area contributed by atoms with E-state index < -0.39 is 10.8 Å². The van der Waals surface area contributed by atoms with Gasteiger partial charge in [-0.1, -0.05) is 42.1 Å². The molecule has 0 spiro atoms. The number of para-hydroxylation sites is 1. The number of allylic oxidation sites excluding steroid dienone is 1. The Morgan fingerprint density at radius 2 is 2.03 bits per heavy atom. The fourth-order valence-corrected chi connectivity index (χ4v) is 4.93. The van der Waals surface area contributed by atoms with Gasteiger partial charge in [0.15, 0.2) is 0 Å². The quantitative estimate of drug-likeness (QED) is 0.562. The largest absolute Gasteiger partial charge is 0.343 e. The third kappa shape index (κ3) is 3.45. The number of nitro benzene ring substituents is 1. The van der Waals surface area contributed by atoms with Gasteiger partial charge in [-0.15, -0.1) is 0 Å². The molecule has 1 atom stereocenters. The van der Waals surface area contributed by atoms with E-state index in [-0.39, 0.29) is 18.0 Å². The molecule has 0 radical (unpaired) electrons. The van der Waals surface area contributed by atoms with E-state index in [2.05, 4.69) is 11.0 Å². The molecule has 2 aromatic rings. The molecule has 1 unspecified atom stereocenters. The second-order valence-electron chi connectivity index (χ2n) is 7.00. The lowest BCUT2D eigenvalue weighted by Gasteiger charge is -2.42. The summed E-state index contributed by atoms with van der Waals surface area (Å²) in [7, 11) is 0. The van der Waals surface area contributed by atoms with Crippen LogP contribution in [0.4, 0.5) is 11.4 Å². The van der Waals surface area contributed by atoms with Gasteiger partial charge in [-0.05, 0) is 24.1 Å². The van der Waals surface area contributed by atoms with E-state index in [0.717, 1.165) is 11.3 Å². The van der Waals surface area contributed by atoms with Crippen molar-refractivity contribution < 1.29 is 9.72 Å². The van der Waals surface area contributed by atoms with Crippen molar-refractivity contribution in [1.29, 1.82) is 5.26 Å². The second-order valence-corrected chi connectivity index (χ2v) is 7.94. The minimum Gasteiger partial charge on any atom is -0.343 e. The maximum Gasteiger partial charge on any atom is 0.269 e. The van der Waals surface area contributed by atoms with E-state index in [1.807, 2.05) is 31.2 Å². The molecule has 0 aliphatic carbocycles. The molecule has 0 saturated carbocycles. The Morgan fingerprint density at radius 1 is 1.24 bits per heavy atom. The highest BCUT2D eigenvalue weighted by Gasteiger charge is 2.38. The summed E-state index contributed by atoms with van der Waals surface area (Å²) in [5, 5.41) is 21.6. The van der Waals surface area contributed by atoms with Crippen LogP contribution < -0.4 is 4.90 Å². The molecule has 0 N–H and O–H groups in total. The molecule has 146 valence electrons. The molecule has 2 aliphatic rings. The van der Waals surface area contributed by atoms with Crippen LogP contribution >= 0.6 is 11.8 Å². The van der Waals surface area contributed by atoms with E-state index in [1.165, 1.54) is 23.9 Å². The summed E-state index contributed by atoms with van der Waals surface area (Å²) in [6.07, 6.45) is 0.121. The molecule has 0 bridgehead atoms. The lowest BCUT2D eigenvalue weighted by atomic mass is 9.86. The topological polar surface area (TPSA) is 90.5 Å². The normalized spacial score (nSPS) is 19.0. The van der Waals surface area contributed by atoms with Crippen molar-refractivity contribution in [2.24, 2.45) is 0 Å². The maximum atomic E-state index is 13.0. The van der Waals surface area contributed by atoms with E-state index in [9.17, 15) is 20.2 Å². The lowest BCUT2D eigenvalue weighted by Crippen LogP contribution is -2.47. The number of carbonyl (C=O) groups is 1. The monoisotopic (exact) mass is 406 g/mol. The van der Waals surface area contributed by atoms with Gasteiger partial charge in [0.25, 0.3) is 5.69 Å². The zero-order chi connectivity index (χ0) is 20.5. The van der Waals surface area contributed by atoms with Crippen molar-refractivity contribution in [3.8, 4) is 6.07 Å². The number of fused-ring (bicyclic) bond motifs is 1. The Labute approximate surface area is 172 Å². The van der Waals surface area contributed by atoms with Gasteiger partial charge in [-0.25, -0.2) is 0 Å². The minimum absolute atomic E-state index is 0.0401. The third-order valence-electron chi connectivity index (χ3n) is 5.23. The number of aryl methyl sites for hydroxylation is 1. The highest BCUT2D eigenvalue weighted by atomic mass is 32.2. The van der Waals surface area contributed by atoms with Gasteiger partial charge in [0, 0.05) is 30.2 Å². The standard InChI is InChI=1S/C21H18N4O3S/c1-14-5-2-3-8-19(14)23-12-24-20(26)10-17(18(11-22)21(24)29-13-23)15-6-4-7-16(9-15)25(27)28/h2-9,17H,10,12-13H2,1H3. The number of non-ortho nitro benzene ring substituents is 1. The van der Waals surface area contributed by atoms with E-state index in [1.54, 1.807) is 17.0 Å². The van der Waals surface area contributed by atoms with Crippen LogP contribution in [0.5, 0.6) is 0 Å². The highest BCUT2D eigenvalue weighted by molar-refractivity contribution is 8.03. The fourth-order valence-electron chi connectivity index (χ4n) is 3.77. The Kier molecular flexibility index (Phi) is 4.99. The van der Waals surface area contributed by atoms with Gasteiger partial charge >= 0.3 is 0 Å². The SMILES string of the molecule is Cc1ccccc1N1CSC2=C(C#N)C(c3cccc([N+](=O)[O-])c3)CC(=O)N2C1. The number of nitro groups is 1. The van der Waals surface area contributed by atoms with Gasteiger partial charge in [0.1, 0.15) is 0 Å². The Hall–Kier alpha value is -3.31. The number of carbonyl (C=O) groups excluding carboxylic acids is 1. The zero-order valence-corrected chi connectivity index (χ0v) is 16.6. The number of benzene rings is 2. The van der Waals surface area contributed by atoms with Crippen molar-refractivity contribution in [3.63, 3.8) is 0 Å². The van der Waals surface area contributed by atoms with Crippen LogP contribution in [0.15, 0.2) is 59.1 Å². The predicted octanol–water partition coefficient (Wildman–Crippen LogP) is 4.12. The molecule has 1 fully saturated rings. The number of hydrogen-bond donors (Lipinski definition) is 0. The van der Waals surface area contributed by atoms with Crippen molar-refractivity contribution in [3.05, 3.63) is 80.4 Å². The first-order valence-corrected chi connectivity index (χ1v) is 10.1. The summed E-state index contributed by atoms with van der Waals surface area (Å²) in [5.41, 5.74) is 3.27. The maximum absolute atomic E-state index is 13.0. The molecule has 7 nitrogen and oxygen atoms in total. The molecule has 2 aromatic carbocycles. The molecule has 2 heterocycles. The van der Waals surface area contributed by atoms with Crippen LogP contribution in [-0.2, 0) is 4.79 Å². The minimum atomic E-state index is -0.463. The number of hydrogen-bond acceptors (Lipinski definition) is 6. The van der Waals surface area contributed by atoms with Crippen LogP contribution in [0.2, 0.25) is 0 Å². The number of rotatable bonds is 3. The van der Waals surface area contributed by atoms with Crippen molar-refractivity contribution in [2.45, 2.75) is 19.3 Å². The molecule has 2 aliphatic heterocycles. The second kappa shape index (κ2) is 7.60. The Balaban J connectivity index is 1.69. The smallest absolute Gasteiger partial charge is 0.269 e. The van der Waals surface area contributed by atoms with Crippen LogP contribution in [0.3, 0.4) is 0 Å². The molecule has 1 saturated heterocycles. The molecular weight excluding hydrogens is 388 g/mol. The van der Waals surface area contributed by atoms with E-state index in [4.69, 9.17) is 0 Å². The van der Waals surface area contributed by atoms with Gasteiger partial charge in [0.2, 0.25) is 5.91 Å². The first-order valence-electron chi connectivity index (χ1n) is 9.12. The molecule has 4 rings (SSSR count). The van der Waals surface area contributed by atoms with Crippen LogP contribution in [0, 0.1) is 28.4 Å². The lowest BCUT2D eigenvalue weighted by molar-refractivity contribution is -0.384. The van der Waals surface area contributed by atoms with Crippen molar-refractivity contribution >= 4 is 29.0 Å².